The van der Waals surface area contributed by atoms with Crippen LogP contribution >= 0.6 is 28.1 Å². The SMILES string of the molecule is S=C1N[C@H](c2ccccn2)[C@H](c2cccn2-c2cccnc2)N1c1ccc(Br)cc1. The molecule has 1 N–H and O–H groups in total. The van der Waals surface area contributed by atoms with Crippen LogP contribution in [0.5, 0.6) is 0 Å². The van der Waals surface area contributed by atoms with Crippen molar-refractivity contribution in [2.45, 2.75) is 12.1 Å². The third kappa shape index (κ3) is 3.40. The summed E-state index contributed by atoms with van der Waals surface area (Å²) in [5, 5.41) is 4.18. The fourth-order valence-corrected chi connectivity index (χ4v) is 4.51. The highest BCUT2D eigenvalue weighted by Gasteiger charge is 2.42. The Bertz CT molecular complexity index is 1160. The Hall–Kier alpha value is -3.03. The summed E-state index contributed by atoms with van der Waals surface area (Å²) in [6, 6.07) is 22.2. The van der Waals surface area contributed by atoms with E-state index in [9.17, 15) is 0 Å². The topological polar surface area (TPSA) is 46.0 Å². The van der Waals surface area contributed by atoms with Crippen molar-refractivity contribution in [3.8, 4) is 5.69 Å². The number of rotatable bonds is 4. The van der Waals surface area contributed by atoms with Gasteiger partial charge in [0.15, 0.2) is 5.11 Å². The van der Waals surface area contributed by atoms with Gasteiger partial charge in [0.25, 0.3) is 0 Å². The van der Waals surface area contributed by atoms with Crippen molar-refractivity contribution in [2.75, 3.05) is 4.90 Å². The second kappa shape index (κ2) is 8.01. The molecule has 4 heterocycles. The van der Waals surface area contributed by atoms with E-state index in [1.165, 1.54) is 0 Å². The Balaban J connectivity index is 1.67. The molecule has 30 heavy (non-hydrogen) atoms. The van der Waals surface area contributed by atoms with Gasteiger partial charge in [-0.1, -0.05) is 22.0 Å². The molecular weight excluding hydrogens is 458 g/mol. The molecule has 4 aromatic rings. The fourth-order valence-electron chi connectivity index (χ4n) is 3.90. The summed E-state index contributed by atoms with van der Waals surface area (Å²) in [6.07, 6.45) is 7.52. The van der Waals surface area contributed by atoms with Crippen LogP contribution in [0.25, 0.3) is 5.69 Å². The highest BCUT2D eigenvalue weighted by Crippen LogP contribution is 2.42. The van der Waals surface area contributed by atoms with Gasteiger partial charge >= 0.3 is 0 Å². The van der Waals surface area contributed by atoms with Crippen LogP contribution in [-0.2, 0) is 0 Å². The number of anilines is 1. The average molecular weight is 476 g/mol. The standard InChI is InChI=1S/C23H18BrN5S/c24-16-8-10-17(11-9-16)29-22(21(27-23(29)30)19-6-1-2-13-26-19)20-7-4-14-28(20)18-5-3-12-25-15-18/h1-15,21-22H,(H,27,30)/t21-,22+/m1/s1. The summed E-state index contributed by atoms with van der Waals surface area (Å²) in [5.41, 5.74) is 4.08. The minimum atomic E-state index is -0.0901. The summed E-state index contributed by atoms with van der Waals surface area (Å²) in [7, 11) is 0. The van der Waals surface area contributed by atoms with E-state index in [1.807, 2.05) is 48.8 Å². The summed E-state index contributed by atoms with van der Waals surface area (Å²) in [4.78, 5) is 11.1. The number of hydrogen-bond donors (Lipinski definition) is 1. The largest absolute Gasteiger partial charge is 0.351 e. The Kier molecular flexibility index (Phi) is 5.06. The monoisotopic (exact) mass is 475 g/mol. The molecule has 1 fully saturated rings. The van der Waals surface area contributed by atoms with Crippen molar-refractivity contribution in [3.63, 3.8) is 0 Å². The molecular formula is C23H18BrN5S. The number of pyridine rings is 2. The van der Waals surface area contributed by atoms with Crippen molar-refractivity contribution >= 4 is 38.9 Å². The molecule has 3 aromatic heterocycles. The van der Waals surface area contributed by atoms with Crippen molar-refractivity contribution in [2.24, 2.45) is 0 Å². The summed E-state index contributed by atoms with van der Waals surface area (Å²) < 4.78 is 3.19. The average Bonchev–Trinajstić information content (AvgIpc) is 3.40. The lowest BCUT2D eigenvalue weighted by Gasteiger charge is -2.29. The molecule has 0 spiro atoms. The lowest BCUT2D eigenvalue weighted by atomic mass is 10.0. The van der Waals surface area contributed by atoms with Crippen LogP contribution in [0.3, 0.4) is 0 Å². The molecule has 0 bridgehead atoms. The van der Waals surface area contributed by atoms with Crippen molar-refractivity contribution in [1.82, 2.24) is 19.9 Å². The van der Waals surface area contributed by atoms with Crippen LogP contribution in [0.1, 0.15) is 23.5 Å². The zero-order valence-corrected chi connectivity index (χ0v) is 18.3. The molecule has 7 heteroatoms. The molecule has 0 aliphatic carbocycles. The molecule has 0 saturated carbocycles. The smallest absolute Gasteiger partial charge is 0.174 e. The lowest BCUT2D eigenvalue weighted by Crippen LogP contribution is -2.30. The maximum absolute atomic E-state index is 5.80. The summed E-state index contributed by atoms with van der Waals surface area (Å²) in [6.45, 7) is 0. The summed E-state index contributed by atoms with van der Waals surface area (Å²) >= 11 is 9.32. The maximum atomic E-state index is 5.80. The van der Waals surface area contributed by atoms with Gasteiger partial charge < -0.3 is 14.8 Å². The van der Waals surface area contributed by atoms with Gasteiger partial charge in [-0.05, 0) is 72.9 Å². The Morgan fingerprint density at radius 3 is 2.50 bits per heavy atom. The van der Waals surface area contributed by atoms with Gasteiger partial charge in [0.1, 0.15) is 6.04 Å². The Morgan fingerprint density at radius 1 is 0.900 bits per heavy atom. The van der Waals surface area contributed by atoms with Gasteiger partial charge in [-0.25, -0.2) is 0 Å². The first-order valence-corrected chi connectivity index (χ1v) is 10.8. The van der Waals surface area contributed by atoms with E-state index < -0.39 is 0 Å². The van der Waals surface area contributed by atoms with E-state index in [1.54, 1.807) is 6.20 Å². The first-order valence-electron chi connectivity index (χ1n) is 9.56. The number of aromatic nitrogens is 3. The van der Waals surface area contributed by atoms with Crippen molar-refractivity contribution in [3.05, 3.63) is 107 Å². The highest BCUT2D eigenvalue weighted by atomic mass is 79.9. The van der Waals surface area contributed by atoms with Crippen LogP contribution in [-0.4, -0.2) is 19.6 Å². The van der Waals surface area contributed by atoms with Crippen LogP contribution in [0.2, 0.25) is 0 Å². The van der Waals surface area contributed by atoms with Gasteiger partial charge in [0, 0.05) is 34.4 Å². The van der Waals surface area contributed by atoms with E-state index in [-0.39, 0.29) is 12.1 Å². The van der Waals surface area contributed by atoms with Gasteiger partial charge in [0.05, 0.1) is 23.6 Å². The summed E-state index contributed by atoms with van der Waals surface area (Å²) in [5.74, 6) is 0. The third-order valence-electron chi connectivity index (χ3n) is 5.21. The second-order valence-electron chi connectivity index (χ2n) is 6.99. The predicted molar refractivity (Wildman–Crippen MR) is 126 cm³/mol. The second-order valence-corrected chi connectivity index (χ2v) is 8.29. The quantitative estimate of drug-likeness (QED) is 0.410. The molecule has 0 amide bonds. The van der Waals surface area contributed by atoms with Crippen LogP contribution in [0.4, 0.5) is 5.69 Å². The minimum Gasteiger partial charge on any atom is -0.351 e. The van der Waals surface area contributed by atoms with E-state index in [0.717, 1.165) is 27.2 Å². The highest BCUT2D eigenvalue weighted by molar-refractivity contribution is 9.10. The molecule has 1 saturated heterocycles. The Morgan fingerprint density at radius 2 is 1.77 bits per heavy atom. The van der Waals surface area contributed by atoms with E-state index in [2.05, 4.69) is 77.2 Å². The normalized spacial score (nSPS) is 18.4. The predicted octanol–water partition coefficient (Wildman–Crippen LogP) is 5.21. The van der Waals surface area contributed by atoms with Gasteiger partial charge in [-0.2, -0.15) is 0 Å². The molecule has 5 rings (SSSR count). The van der Waals surface area contributed by atoms with Gasteiger partial charge in [-0.3, -0.25) is 9.97 Å². The molecule has 1 aliphatic heterocycles. The third-order valence-corrected chi connectivity index (χ3v) is 6.05. The zero-order chi connectivity index (χ0) is 20.5. The molecule has 2 atom stereocenters. The van der Waals surface area contributed by atoms with Gasteiger partial charge in [-0.15, -0.1) is 0 Å². The lowest BCUT2D eigenvalue weighted by molar-refractivity contribution is 0.549. The number of halogens is 1. The van der Waals surface area contributed by atoms with Crippen molar-refractivity contribution in [1.29, 1.82) is 0 Å². The number of benzene rings is 1. The number of thiocarbonyl (C=S) groups is 1. The van der Waals surface area contributed by atoms with Crippen LogP contribution < -0.4 is 10.2 Å². The van der Waals surface area contributed by atoms with Gasteiger partial charge in [0.2, 0.25) is 0 Å². The number of nitrogens with one attached hydrogen (secondary N) is 1. The molecule has 0 radical (unpaired) electrons. The maximum Gasteiger partial charge on any atom is 0.174 e. The zero-order valence-electron chi connectivity index (χ0n) is 15.9. The Labute approximate surface area is 188 Å². The molecule has 5 nitrogen and oxygen atoms in total. The first-order chi connectivity index (χ1) is 14.7. The molecule has 1 aromatic carbocycles. The fraction of sp³-hybridized carbons (Fsp3) is 0.0870. The van der Waals surface area contributed by atoms with E-state index in [0.29, 0.717) is 5.11 Å². The minimum absolute atomic E-state index is 0.0798. The number of nitrogens with zero attached hydrogens (tertiary/aromatic N) is 4. The van der Waals surface area contributed by atoms with Crippen LogP contribution in [0.15, 0.2) is 96.0 Å². The molecule has 148 valence electrons. The molecule has 0 unspecified atom stereocenters. The van der Waals surface area contributed by atoms with Crippen LogP contribution in [0, 0.1) is 0 Å². The number of hydrogen-bond acceptors (Lipinski definition) is 3. The molecule has 1 aliphatic rings. The van der Waals surface area contributed by atoms with Crippen molar-refractivity contribution < 1.29 is 0 Å². The van der Waals surface area contributed by atoms with E-state index in [4.69, 9.17) is 12.2 Å². The first kappa shape index (κ1) is 19.0. The van der Waals surface area contributed by atoms with E-state index >= 15 is 0 Å².